The monoisotopic (exact) mass is 210 g/mol. The van der Waals surface area contributed by atoms with Crippen LogP contribution in [0, 0.1) is 0 Å². The predicted octanol–water partition coefficient (Wildman–Crippen LogP) is 2.01. The number of nitrogens with one attached hydrogen (secondary N) is 1. The molecule has 1 amide bonds. The highest BCUT2D eigenvalue weighted by Gasteiger charge is 2.07. The van der Waals surface area contributed by atoms with Gasteiger partial charge in [-0.15, -0.1) is 11.6 Å². The van der Waals surface area contributed by atoms with Crippen molar-refractivity contribution in [3.05, 3.63) is 24.3 Å². The Bertz CT molecular complexity index is 434. The zero-order valence-corrected chi connectivity index (χ0v) is 7.91. The average molecular weight is 211 g/mol. The van der Waals surface area contributed by atoms with E-state index in [1.807, 2.05) is 12.1 Å². The Morgan fingerprint density at radius 1 is 1.50 bits per heavy atom. The number of aromatic nitrogens is 1. The number of para-hydroxylation sites is 2. The molecule has 0 aliphatic rings. The van der Waals surface area contributed by atoms with Crippen LogP contribution >= 0.6 is 11.6 Å². The Hall–Kier alpha value is -1.55. The van der Waals surface area contributed by atoms with Gasteiger partial charge in [0, 0.05) is 0 Å². The van der Waals surface area contributed by atoms with E-state index in [0.29, 0.717) is 11.1 Å². The van der Waals surface area contributed by atoms with Crippen LogP contribution in [0.2, 0.25) is 0 Å². The summed E-state index contributed by atoms with van der Waals surface area (Å²) in [6.45, 7) is 0. The molecular formula is C9H7ClN2O2. The molecule has 2 aromatic rings. The van der Waals surface area contributed by atoms with Gasteiger partial charge in [0.1, 0.15) is 11.4 Å². The van der Waals surface area contributed by atoms with Crippen molar-refractivity contribution < 1.29 is 9.21 Å². The number of carbonyl (C=O) groups excluding carboxylic acids is 1. The zero-order valence-electron chi connectivity index (χ0n) is 7.16. The van der Waals surface area contributed by atoms with Crippen LogP contribution in [-0.2, 0) is 4.79 Å². The molecular weight excluding hydrogens is 204 g/mol. The highest BCUT2D eigenvalue weighted by molar-refractivity contribution is 6.28. The average Bonchev–Trinajstić information content (AvgIpc) is 2.59. The fourth-order valence-corrected chi connectivity index (χ4v) is 1.15. The molecule has 4 nitrogen and oxygen atoms in total. The minimum atomic E-state index is -0.335. The lowest BCUT2D eigenvalue weighted by Gasteiger charge is -1.93. The molecule has 0 fully saturated rings. The fourth-order valence-electron chi connectivity index (χ4n) is 1.08. The Kier molecular flexibility index (Phi) is 2.37. The van der Waals surface area contributed by atoms with E-state index in [2.05, 4.69) is 10.3 Å². The second kappa shape index (κ2) is 3.67. The van der Waals surface area contributed by atoms with E-state index >= 15 is 0 Å². The smallest absolute Gasteiger partial charge is 0.302 e. The van der Waals surface area contributed by atoms with Gasteiger partial charge in [0.25, 0.3) is 0 Å². The van der Waals surface area contributed by atoms with Crippen molar-refractivity contribution in [3.63, 3.8) is 0 Å². The molecule has 0 bridgehead atoms. The van der Waals surface area contributed by atoms with Crippen molar-refractivity contribution >= 4 is 34.6 Å². The number of oxazole rings is 1. The Morgan fingerprint density at radius 2 is 2.29 bits per heavy atom. The number of alkyl halides is 1. The first kappa shape index (κ1) is 9.02. The maximum absolute atomic E-state index is 10.9. The van der Waals surface area contributed by atoms with Crippen LogP contribution in [0.1, 0.15) is 0 Å². The van der Waals surface area contributed by atoms with Crippen molar-refractivity contribution in [2.24, 2.45) is 0 Å². The van der Waals surface area contributed by atoms with Crippen molar-refractivity contribution in [3.8, 4) is 0 Å². The SMILES string of the molecule is O=C(CCl)Nc1nc2ccccc2o1. The van der Waals surface area contributed by atoms with Gasteiger partial charge in [-0.25, -0.2) is 0 Å². The number of hydrogen-bond acceptors (Lipinski definition) is 3. The molecule has 0 spiro atoms. The first-order valence-electron chi connectivity index (χ1n) is 4.01. The van der Waals surface area contributed by atoms with Gasteiger partial charge in [0.05, 0.1) is 0 Å². The fraction of sp³-hybridized carbons (Fsp3) is 0.111. The second-order valence-corrected chi connectivity index (χ2v) is 2.94. The molecule has 0 unspecified atom stereocenters. The van der Waals surface area contributed by atoms with Crippen molar-refractivity contribution in [2.75, 3.05) is 11.2 Å². The number of benzene rings is 1. The van der Waals surface area contributed by atoms with Gasteiger partial charge < -0.3 is 4.42 Å². The van der Waals surface area contributed by atoms with Gasteiger partial charge >= 0.3 is 6.01 Å². The molecule has 1 heterocycles. The summed E-state index contributed by atoms with van der Waals surface area (Å²) in [6.07, 6.45) is 0. The summed E-state index contributed by atoms with van der Waals surface area (Å²) in [5.74, 6) is -0.447. The minimum Gasteiger partial charge on any atom is -0.423 e. The Labute approximate surface area is 84.9 Å². The van der Waals surface area contributed by atoms with E-state index in [1.54, 1.807) is 12.1 Å². The zero-order chi connectivity index (χ0) is 9.97. The molecule has 5 heteroatoms. The standard InChI is InChI=1S/C9H7ClN2O2/c10-5-8(13)12-9-11-6-3-1-2-4-7(6)14-9/h1-4H,5H2,(H,11,12,13). The molecule has 2 rings (SSSR count). The summed E-state index contributed by atoms with van der Waals surface area (Å²) in [6, 6.07) is 7.43. The van der Waals surface area contributed by atoms with Gasteiger partial charge in [-0.05, 0) is 12.1 Å². The maximum atomic E-state index is 10.9. The molecule has 0 saturated carbocycles. The first-order valence-corrected chi connectivity index (χ1v) is 4.54. The molecule has 0 saturated heterocycles. The predicted molar refractivity (Wildman–Crippen MR) is 53.4 cm³/mol. The first-order chi connectivity index (χ1) is 6.79. The number of carbonyl (C=O) groups is 1. The summed E-state index contributed by atoms with van der Waals surface area (Å²) >= 11 is 5.32. The molecule has 14 heavy (non-hydrogen) atoms. The molecule has 0 aliphatic carbocycles. The number of nitrogens with zero attached hydrogens (tertiary/aromatic N) is 1. The summed E-state index contributed by atoms with van der Waals surface area (Å²) < 4.78 is 5.24. The molecule has 1 N–H and O–H groups in total. The Balaban J connectivity index is 2.31. The summed E-state index contributed by atoms with van der Waals surface area (Å²) in [4.78, 5) is 15.0. The van der Waals surface area contributed by atoms with Gasteiger partial charge in [-0.2, -0.15) is 4.98 Å². The van der Waals surface area contributed by atoms with E-state index < -0.39 is 0 Å². The van der Waals surface area contributed by atoms with Gasteiger partial charge in [0.2, 0.25) is 5.91 Å². The highest BCUT2D eigenvalue weighted by Crippen LogP contribution is 2.17. The van der Waals surface area contributed by atoms with Crippen LogP contribution in [-0.4, -0.2) is 16.8 Å². The molecule has 0 aliphatic heterocycles. The number of rotatable bonds is 2. The van der Waals surface area contributed by atoms with Crippen LogP contribution in [0.25, 0.3) is 11.1 Å². The lowest BCUT2D eigenvalue weighted by atomic mass is 10.3. The molecule has 0 radical (unpaired) electrons. The second-order valence-electron chi connectivity index (χ2n) is 2.67. The van der Waals surface area contributed by atoms with Crippen molar-refractivity contribution in [1.82, 2.24) is 4.98 Å². The largest absolute Gasteiger partial charge is 0.423 e. The highest BCUT2D eigenvalue weighted by atomic mass is 35.5. The number of halogens is 1. The number of amides is 1. The summed E-state index contributed by atoms with van der Waals surface area (Å²) in [5.41, 5.74) is 1.34. The van der Waals surface area contributed by atoms with Crippen molar-refractivity contribution in [1.29, 1.82) is 0 Å². The van der Waals surface area contributed by atoms with Gasteiger partial charge in [0.15, 0.2) is 5.58 Å². The number of hydrogen-bond donors (Lipinski definition) is 1. The van der Waals surface area contributed by atoms with Crippen LogP contribution in [0.5, 0.6) is 0 Å². The Morgan fingerprint density at radius 3 is 3.00 bits per heavy atom. The third-order valence-electron chi connectivity index (χ3n) is 1.66. The van der Waals surface area contributed by atoms with E-state index in [9.17, 15) is 4.79 Å². The van der Waals surface area contributed by atoms with Crippen LogP contribution in [0.15, 0.2) is 28.7 Å². The third kappa shape index (κ3) is 1.70. The normalized spacial score (nSPS) is 10.4. The number of fused-ring (bicyclic) bond motifs is 1. The lowest BCUT2D eigenvalue weighted by Crippen LogP contribution is -2.12. The van der Waals surface area contributed by atoms with E-state index in [4.69, 9.17) is 16.0 Å². The maximum Gasteiger partial charge on any atom is 0.302 e. The van der Waals surface area contributed by atoms with Gasteiger partial charge in [-0.1, -0.05) is 12.1 Å². The van der Waals surface area contributed by atoms with Crippen LogP contribution in [0.3, 0.4) is 0 Å². The molecule has 1 aromatic carbocycles. The van der Waals surface area contributed by atoms with Crippen molar-refractivity contribution in [2.45, 2.75) is 0 Å². The summed E-state index contributed by atoms with van der Waals surface area (Å²) in [5, 5.41) is 2.43. The minimum absolute atomic E-state index is 0.112. The van der Waals surface area contributed by atoms with E-state index in [1.165, 1.54) is 0 Å². The van der Waals surface area contributed by atoms with E-state index in [-0.39, 0.29) is 17.8 Å². The third-order valence-corrected chi connectivity index (χ3v) is 1.90. The van der Waals surface area contributed by atoms with Crippen LogP contribution in [0.4, 0.5) is 6.01 Å². The molecule has 1 aromatic heterocycles. The number of anilines is 1. The van der Waals surface area contributed by atoms with Crippen LogP contribution < -0.4 is 5.32 Å². The quantitative estimate of drug-likeness (QED) is 0.772. The lowest BCUT2D eigenvalue weighted by molar-refractivity contribution is -0.114. The molecule has 72 valence electrons. The van der Waals surface area contributed by atoms with E-state index in [0.717, 1.165) is 0 Å². The van der Waals surface area contributed by atoms with Gasteiger partial charge in [-0.3, -0.25) is 10.1 Å². The molecule has 0 atom stereocenters. The topological polar surface area (TPSA) is 55.1 Å². The summed E-state index contributed by atoms with van der Waals surface area (Å²) in [7, 11) is 0.